The summed E-state index contributed by atoms with van der Waals surface area (Å²) in [4.78, 5) is 42.8. The maximum absolute atomic E-state index is 13.8. The largest absolute Gasteiger partial charge is 0.465 e. The highest BCUT2D eigenvalue weighted by Crippen LogP contribution is 2.22. The average Bonchev–Trinajstić information content (AvgIpc) is 3.16. The topological polar surface area (TPSA) is 76.2 Å². The Labute approximate surface area is 336 Å². The molecule has 0 heterocycles. The van der Waals surface area contributed by atoms with Crippen molar-refractivity contribution in [3.63, 3.8) is 0 Å². The summed E-state index contributed by atoms with van der Waals surface area (Å²) in [5.74, 6) is 1.30. The Morgan fingerprint density at radius 3 is 1.35 bits per heavy atom. The highest BCUT2D eigenvalue weighted by Gasteiger charge is 2.23. The number of ether oxygens (including phenoxy) is 2. The van der Waals surface area contributed by atoms with Gasteiger partial charge in [-0.1, -0.05) is 157 Å². The second kappa shape index (κ2) is 38.3. The Bertz CT molecular complexity index is 861. The molecule has 2 atom stereocenters. The molecule has 7 heteroatoms. The first-order chi connectivity index (χ1) is 26.2. The number of rotatable bonds is 40. The number of nitrogens with zero attached hydrogens (tertiary/aromatic N) is 2. The molecule has 0 spiro atoms. The molecule has 0 aliphatic heterocycles. The molecule has 0 aliphatic carbocycles. The van der Waals surface area contributed by atoms with Gasteiger partial charge in [0.2, 0.25) is 5.91 Å². The van der Waals surface area contributed by atoms with Crippen molar-refractivity contribution >= 4 is 17.8 Å². The molecule has 7 nitrogen and oxygen atoms in total. The molecule has 0 bridgehead atoms. The van der Waals surface area contributed by atoms with Crippen molar-refractivity contribution in [1.82, 2.24) is 9.80 Å². The van der Waals surface area contributed by atoms with Crippen molar-refractivity contribution in [3.05, 3.63) is 0 Å². The molecule has 0 aromatic carbocycles. The lowest BCUT2D eigenvalue weighted by atomic mass is 9.97. The van der Waals surface area contributed by atoms with E-state index in [-0.39, 0.29) is 11.9 Å². The van der Waals surface area contributed by atoms with E-state index >= 15 is 0 Å². The molecule has 0 saturated heterocycles. The summed E-state index contributed by atoms with van der Waals surface area (Å²) in [5.41, 5.74) is 0. The molecule has 0 aromatic rings. The molecule has 0 fully saturated rings. The molecule has 0 aromatic heterocycles. The van der Waals surface area contributed by atoms with Gasteiger partial charge >= 0.3 is 11.9 Å². The van der Waals surface area contributed by atoms with E-state index in [1.54, 1.807) is 0 Å². The minimum Gasteiger partial charge on any atom is -0.465 e. The number of hydrogen-bond acceptors (Lipinski definition) is 6. The van der Waals surface area contributed by atoms with Crippen LogP contribution in [0.2, 0.25) is 0 Å². The zero-order valence-corrected chi connectivity index (χ0v) is 37.2. The fourth-order valence-electron chi connectivity index (χ4n) is 7.40. The summed E-state index contributed by atoms with van der Waals surface area (Å²) in [5, 5.41) is 0. The zero-order valence-electron chi connectivity index (χ0n) is 37.2. The maximum atomic E-state index is 13.8. The lowest BCUT2D eigenvalue weighted by Gasteiger charge is -2.33. The number of amides is 1. The van der Waals surface area contributed by atoms with Crippen LogP contribution in [0.25, 0.3) is 0 Å². The Morgan fingerprint density at radius 1 is 0.444 bits per heavy atom. The van der Waals surface area contributed by atoms with Crippen LogP contribution >= 0.6 is 0 Å². The van der Waals surface area contributed by atoms with Crippen LogP contribution in [-0.2, 0) is 23.9 Å². The van der Waals surface area contributed by atoms with E-state index in [9.17, 15) is 14.4 Å². The quantitative estimate of drug-likeness (QED) is 0.0457. The molecule has 320 valence electrons. The Hall–Kier alpha value is -1.63. The van der Waals surface area contributed by atoms with Gasteiger partial charge in [-0.05, 0) is 83.8 Å². The Morgan fingerprint density at radius 2 is 0.870 bits per heavy atom. The number of carbonyl (C=O) groups is 3. The predicted octanol–water partition coefficient (Wildman–Crippen LogP) is 12.9. The van der Waals surface area contributed by atoms with E-state index in [4.69, 9.17) is 9.47 Å². The van der Waals surface area contributed by atoms with Gasteiger partial charge < -0.3 is 19.3 Å². The molecule has 0 aliphatic rings. The fraction of sp³-hybridized carbons (Fsp3) is 0.936. The van der Waals surface area contributed by atoms with Gasteiger partial charge in [0, 0.05) is 31.8 Å². The van der Waals surface area contributed by atoms with Crippen LogP contribution in [0.1, 0.15) is 227 Å². The van der Waals surface area contributed by atoms with Gasteiger partial charge in [0.1, 0.15) is 0 Å². The van der Waals surface area contributed by atoms with Gasteiger partial charge in [0.15, 0.2) is 0 Å². The molecule has 0 N–H and O–H groups in total. The van der Waals surface area contributed by atoms with Crippen LogP contribution in [0.4, 0.5) is 0 Å². The minimum absolute atomic E-state index is 0.0268. The van der Waals surface area contributed by atoms with Crippen molar-refractivity contribution in [1.29, 1.82) is 0 Å². The first-order valence-corrected chi connectivity index (χ1v) is 23.5. The Kier molecular flexibility index (Phi) is 37.1. The summed E-state index contributed by atoms with van der Waals surface area (Å²) in [6, 6.07) is 0.330. The van der Waals surface area contributed by atoms with Crippen LogP contribution in [0.3, 0.4) is 0 Å². The monoisotopic (exact) mass is 765 g/mol. The van der Waals surface area contributed by atoms with E-state index in [1.165, 1.54) is 57.8 Å². The lowest BCUT2D eigenvalue weighted by Crippen LogP contribution is -2.41. The number of carbonyl (C=O) groups excluding carboxylic acids is 3. The van der Waals surface area contributed by atoms with Gasteiger partial charge in [-0.2, -0.15) is 0 Å². The average molecular weight is 765 g/mol. The molecule has 1 amide bonds. The van der Waals surface area contributed by atoms with Crippen molar-refractivity contribution in [2.45, 2.75) is 233 Å². The van der Waals surface area contributed by atoms with Crippen LogP contribution in [-0.4, -0.2) is 74.1 Å². The summed E-state index contributed by atoms with van der Waals surface area (Å²) < 4.78 is 11.1. The third-order valence-corrected chi connectivity index (χ3v) is 11.5. The third-order valence-electron chi connectivity index (χ3n) is 11.5. The minimum atomic E-state index is -0.0382. The Balaban J connectivity index is 4.90. The van der Waals surface area contributed by atoms with Crippen LogP contribution in [0.5, 0.6) is 0 Å². The smallest absolute Gasteiger partial charge is 0.305 e. The first-order valence-electron chi connectivity index (χ1n) is 23.5. The van der Waals surface area contributed by atoms with Crippen LogP contribution in [0, 0.1) is 11.8 Å². The molecule has 0 saturated carbocycles. The zero-order chi connectivity index (χ0) is 40.1. The number of hydrogen-bond donors (Lipinski definition) is 0. The maximum Gasteiger partial charge on any atom is 0.305 e. The van der Waals surface area contributed by atoms with Crippen molar-refractivity contribution in [2.75, 3.05) is 40.4 Å². The van der Waals surface area contributed by atoms with Crippen LogP contribution < -0.4 is 0 Å². The van der Waals surface area contributed by atoms with Crippen LogP contribution in [0.15, 0.2) is 0 Å². The molecule has 54 heavy (non-hydrogen) atoms. The van der Waals surface area contributed by atoms with Crippen molar-refractivity contribution in [2.24, 2.45) is 11.8 Å². The highest BCUT2D eigenvalue weighted by atomic mass is 16.5. The SMILES string of the molecule is CCCCCCCC(=O)N(CCCCN(C)C)C(CCCCCCCCC(=O)OCC(CC)CC)CCCCCCCCC(=O)OCC(CC)CCCC. The molecular weight excluding hydrogens is 673 g/mol. The third kappa shape index (κ3) is 31.6. The second-order valence-corrected chi connectivity index (χ2v) is 16.7. The molecule has 0 radical (unpaired) electrons. The van der Waals surface area contributed by atoms with Gasteiger partial charge in [-0.3, -0.25) is 14.4 Å². The summed E-state index contributed by atoms with van der Waals surface area (Å²) in [6.07, 6.45) is 32.2. The first kappa shape index (κ1) is 52.4. The molecular formula is C47H92N2O5. The van der Waals surface area contributed by atoms with Gasteiger partial charge in [-0.25, -0.2) is 0 Å². The molecule has 2 unspecified atom stereocenters. The van der Waals surface area contributed by atoms with Gasteiger partial charge in [0.05, 0.1) is 13.2 Å². The lowest BCUT2D eigenvalue weighted by molar-refractivity contribution is -0.146. The number of esters is 2. The summed E-state index contributed by atoms with van der Waals surface area (Å²) in [6.45, 7) is 14.1. The van der Waals surface area contributed by atoms with Crippen molar-refractivity contribution in [3.8, 4) is 0 Å². The number of unbranched alkanes of at least 4 members (excludes halogenated alkanes) is 16. The normalized spacial score (nSPS) is 12.7. The predicted molar refractivity (Wildman–Crippen MR) is 230 cm³/mol. The molecule has 0 rings (SSSR count). The van der Waals surface area contributed by atoms with E-state index in [1.807, 2.05) is 0 Å². The van der Waals surface area contributed by atoms with E-state index in [2.05, 4.69) is 58.5 Å². The van der Waals surface area contributed by atoms with E-state index in [0.29, 0.717) is 56.3 Å². The standard InChI is InChI=1S/C47H92N2O5/c1-8-13-15-20-27-35-45(50)49(39-31-30-38-48(6)7)44(33-25-21-16-18-23-28-36-46(51)53-40-42(10-3)11-4)34-26-22-17-19-24-29-37-47(52)54-41-43(12-5)32-14-9-2/h42-44H,8-41H2,1-7H3. The van der Waals surface area contributed by atoms with Crippen molar-refractivity contribution < 1.29 is 23.9 Å². The van der Waals surface area contributed by atoms with E-state index < -0.39 is 0 Å². The summed E-state index contributed by atoms with van der Waals surface area (Å²) >= 11 is 0. The summed E-state index contributed by atoms with van der Waals surface area (Å²) in [7, 11) is 4.26. The second-order valence-electron chi connectivity index (χ2n) is 16.7. The van der Waals surface area contributed by atoms with Gasteiger partial charge in [0.25, 0.3) is 0 Å². The van der Waals surface area contributed by atoms with E-state index in [0.717, 1.165) is 129 Å². The van der Waals surface area contributed by atoms with Gasteiger partial charge in [-0.15, -0.1) is 0 Å². The fourth-order valence-corrected chi connectivity index (χ4v) is 7.40. The highest BCUT2D eigenvalue weighted by molar-refractivity contribution is 5.76.